The number of carbonyl (C=O) groups excluding carboxylic acids is 3. The van der Waals surface area contributed by atoms with Crippen LogP contribution in [0.5, 0.6) is 0 Å². The topological polar surface area (TPSA) is 106 Å². The van der Waals surface area contributed by atoms with Crippen LogP contribution < -0.4 is 5.32 Å². The van der Waals surface area contributed by atoms with Crippen molar-refractivity contribution in [2.45, 2.75) is 26.8 Å². The second kappa shape index (κ2) is 8.55. The minimum Gasteiger partial charge on any atom is -0.467 e. The number of hydrogen-bond acceptors (Lipinski definition) is 6. The highest BCUT2D eigenvalue weighted by molar-refractivity contribution is 5.97. The van der Waals surface area contributed by atoms with Crippen molar-refractivity contribution in [1.29, 1.82) is 0 Å². The van der Waals surface area contributed by atoms with Crippen molar-refractivity contribution >= 4 is 23.4 Å². The molecule has 3 rings (SSSR count). The Morgan fingerprint density at radius 1 is 1.13 bits per heavy atom. The number of carbonyl (C=O) groups is 3. The first-order valence-electron chi connectivity index (χ1n) is 9.71. The van der Waals surface area contributed by atoms with Crippen LogP contribution in [0.3, 0.4) is 0 Å². The average Bonchev–Trinajstić information content (AvgIpc) is 3.16. The summed E-state index contributed by atoms with van der Waals surface area (Å²) in [6, 6.07) is 7.97. The summed E-state index contributed by atoms with van der Waals surface area (Å²) in [7, 11) is 4.63. The zero-order valence-electron chi connectivity index (χ0n) is 18.4. The molecule has 9 nitrogen and oxygen atoms in total. The molecule has 162 valence electrons. The Labute approximate surface area is 180 Å². The molecular weight excluding hydrogens is 398 g/mol. The molecule has 0 saturated heterocycles. The first-order valence-corrected chi connectivity index (χ1v) is 9.71. The minimum absolute atomic E-state index is 0.180. The van der Waals surface area contributed by atoms with Gasteiger partial charge in [-0.1, -0.05) is 6.07 Å². The molecule has 0 aliphatic rings. The molecule has 2 heterocycles. The molecule has 2 aromatic heterocycles. The molecule has 0 bridgehead atoms. The molecule has 0 fully saturated rings. The predicted octanol–water partition coefficient (Wildman–Crippen LogP) is 2.01. The number of aryl methyl sites for hydroxylation is 2. The number of methoxy groups -OCH3 is 1. The van der Waals surface area contributed by atoms with E-state index < -0.39 is 12.0 Å². The van der Waals surface area contributed by atoms with E-state index in [-0.39, 0.29) is 11.8 Å². The number of ether oxygens (including phenoxy) is 1. The highest BCUT2D eigenvalue weighted by atomic mass is 16.5. The van der Waals surface area contributed by atoms with E-state index in [4.69, 9.17) is 0 Å². The maximum absolute atomic E-state index is 12.4. The summed E-state index contributed by atoms with van der Waals surface area (Å²) in [5.41, 5.74) is 4.48. The van der Waals surface area contributed by atoms with E-state index in [1.54, 1.807) is 55.9 Å². The van der Waals surface area contributed by atoms with E-state index in [2.05, 4.69) is 20.1 Å². The summed E-state index contributed by atoms with van der Waals surface area (Å²) >= 11 is 0. The summed E-state index contributed by atoms with van der Waals surface area (Å²) in [5.74, 6) is -1.06. The molecule has 1 N–H and O–H groups in total. The van der Waals surface area contributed by atoms with Crippen LogP contribution in [0.25, 0.3) is 16.9 Å². The lowest BCUT2D eigenvalue weighted by atomic mass is 10.0. The van der Waals surface area contributed by atoms with Crippen molar-refractivity contribution in [1.82, 2.24) is 24.8 Å². The molecule has 31 heavy (non-hydrogen) atoms. The normalized spacial score (nSPS) is 11.8. The Kier molecular flexibility index (Phi) is 6.05. The number of fused-ring (bicyclic) bond motifs is 1. The number of aromatic nitrogens is 3. The van der Waals surface area contributed by atoms with Gasteiger partial charge in [0.1, 0.15) is 11.7 Å². The lowest BCUT2D eigenvalue weighted by Gasteiger charge is -2.12. The fourth-order valence-corrected chi connectivity index (χ4v) is 3.20. The SMILES string of the molecule is COC(=O)C(C)NC(=O)c1ccc(-c2cc3nc(C(=O)N(C)C)cc(C)n3n2)c(C)c1. The van der Waals surface area contributed by atoms with Crippen LogP contribution in [-0.2, 0) is 9.53 Å². The van der Waals surface area contributed by atoms with E-state index in [9.17, 15) is 14.4 Å². The third-order valence-electron chi connectivity index (χ3n) is 4.90. The van der Waals surface area contributed by atoms with Gasteiger partial charge in [-0.3, -0.25) is 9.59 Å². The highest BCUT2D eigenvalue weighted by Crippen LogP contribution is 2.25. The summed E-state index contributed by atoms with van der Waals surface area (Å²) in [6.45, 7) is 5.30. The highest BCUT2D eigenvalue weighted by Gasteiger charge is 2.19. The molecule has 9 heteroatoms. The third-order valence-corrected chi connectivity index (χ3v) is 4.90. The first kappa shape index (κ1) is 21.9. The van der Waals surface area contributed by atoms with Crippen LogP contribution in [0.1, 0.15) is 39.0 Å². The van der Waals surface area contributed by atoms with Gasteiger partial charge in [0, 0.05) is 37.0 Å². The predicted molar refractivity (Wildman–Crippen MR) is 115 cm³/mol. The van der Waals surface area contributed by atoms with Crippen molar-refractivity contribution in [2.75, 3.05) is 21.2 Å². The van der Waals surface area contributed by atoms with Crippen molar-refractivity contribution < 1.29 is 19.1 Å². The lowest BCUT2D eigenvalue weighted by Crippen LogP contribution is -2.39. The Balaban J connectivity index is 1.92. The number of nitrogens with one attached hydrogen (secondary N) is 1. The molecular formula is C22H25N5O4. The van der Waals surface area contributed by atoms with Gasteiger partial charge in [-0.05, 0) is 44.5 Å². The average molecular weight is 423 g/mol. The molecule has 1 atom stereocenters. The van der Waals surface area contributed by atoms with Gasteiger partial charge in [-0.15, -0.1) is 0 Å². The summed E-state index contributed by atoms with van der Waals surface area (Å²) < 4.78 is 6.31. The zero-order chi connectivity index (χ0) is 22.9. The number of hydrogen-bond donors (Lipinski definition) is 1. The number of esters is 1. The Hall–Kier alpha value is -3.75. The summed E-state index contributed by atoms with van der Waals surface area (Å²) in [4.78, 5) is 42.1. The van der Waals surface area contributed by atoms with E-state index in [0.717, 1.165) is 16.8 Å². The van der Waals surface area contributed by atoms with Crippen molar-refractivity contribution in [3.05, 3.63) is 52.8 Å². The molecule has 1 unspecified atom stereocenters. The van der Waals surface area contributed by atoms with Gasteiger partial charge in [0.2, 0.25) is 0 Å². The van der Waals surface area contributed by atoms with E-state index in [0.29, 0.717) is 22.6 Å². The van der Waals surface area contributed by atoms with E-state index in [1.165, 1.54) is 12.0 Å². The fourth-order valence-electron chi connectivity index (χ4n) is 3.20. The summed E-state index contributed by atoms with van der Waals surface area (Å²) in [6.07, 6.45) is 0. The monoisotopic (exact) mass is 423 g/mol. The molecule has 0 radical (unpaired) electrons. The van der Waals surface area contributed by atoms with Crippen molar-refractivity contribution in [3.8, 4) is 11.3 Å². The van der Waals surface area contributed by atoms with Gasteiger partial charge >= 0.3 is 5.97 Å². The number of nitrogens with zero attached hydrogens (tertiary/aromatic N) is 4. The maximum Gasteiger partial charge on any atom is 0.328 e. The third kappa shape index (κ3) is 4.40. The van der Waals surface area contributed by atoms with Crippen molar-refractivity contribution in [3.63, 3.8) is 0 Å². The molecule has 0 saturated carbocycles. The fraction of sp³-hybridized carbons (Fsp3) is 0.318. The van der Waals surface area contributed by atoms with E-state index in [1.807, 2.05) is 13.8 Å². The molecule has 3 aromatic rings. The summed E-state index contributed by atoms with van der Waals surface area (Å²) in [5, 5.41) is 7.22. The number of amides is 2. The zero-order valence-corrected chi connectivity index (χ0v) is 18.4. The van der Waals surface area contributed by atoms with Gasteiger partial charge in [0.05, 0.1) is 12.8 Å². The van der Waals surface area contributed by atoms with Gasteiger partial charge < -0.3 is 15.0 Å². The smallest absolute Gasteiger partial charge is 0.328 e. The minimum atomic E-state index is -0.746. The molecule has 0 aliphatic carbocycles. The first-order chi connectivity index (χ1) is 14.6. The second-order valence-electron chi connectivity index (χ2n) is 7.53. The van der Waals surface area contributed by atoms with Crippen LogP contribution in [-0.4, -0.2) is 64.5 Å². The largest absolute Gasteiger partial charge is 0.467 e. The van der Waals surface area contributed by atoms with Crippen molar-refractivity contribution in [2.24, 2.45) is 0 Å². The molecule has 2 amide bonds. The van der Waals surface area contributed by atoms with Crippen LogP contribution in [0.2, 0.25) is 0 Å². The van der Waals surface area contributed by atoms with Crippen LogP contribution in [0, 0.1) is 13.8 Å². The number of rotatable bonds is 5. The van der Waals surface area contributed by atoms with Gasteiger partial charge in [-0.25, -0.2) is 14.3 Å². The van der Waals surface area contributed by atoms with E-state index >= 15 is 0 Å². The quantitative estimate of drug-likeness (QED) is 0.629. The Morgan fingerprint density at radius 2 is 1.84 bits per heavy atom. The maximum atomic E-state index is 12.4. The van der Waals surface area contributed by atoms with Crippen LogP contribution >= 0.6 is 0 Å². The molecule has 1 aromatic carbocycles. The molecule has 0 spiro atoms. The van der Waals surface area contributed by atoms with Crippen LogP contribution in [0.4, 0.5) is 0 Å². The van der Waals surface area contributed by atoms with Gasteiger partial charge in [0.15, 0.2) is 5.65 Å². The molecule has 0 aliphatic heterocycles. The Morgan fingerprint density at radius 3 is 2.45 bits per heavy atom. The standard InChI is InChI=1S/C22H25N5O4/c1-12-9-15(20(28)23-14(3)22(30)31-6)7-8-16(12)17-11-19-24-18(21(29)26(4)5)10-13(2)27(19)25-17/h7-11,14H,1-6H3,(H,23,28). The lowest BCUT2D eigenvalue weighted by molar-refractivity contribution is -0.142. The second-order valence-corrected chi connectivity index (χ2v) is 7.53. The van der Waals surface area contributed by atoms with Gasteiger partial charge in [-0.2, -0.15) is 5.10 Å². The number of benzene rings is 1. The van der Waals surface area contributed by atoms with Gasteiger partial charge in [0.25, 0.3) is 11.8 Å². The van der Waals surface area contributed by atoms with Crippen LogP contribution in [0.15, 0.2) is 30.3 Å². The Bertz CT molecular complexity index is 1180.